The van der Waals surface area contributed by atoms with Gasteiger partial charge in [-0.05, 0) is 31.2 Å². The van der Waals surface area contributed by atoms with Crippen LogP contribution in [0.4, 0.5) is 4.39 Å². The molecule has 1 saturated heterocycles. The quantitative estimate of drug-likeness (QED) is 0.833. The first kappa shape index (κ1) is 13.6. The molecule has 20 heavy (non-hydrogen) atoms. The van der Waals surface area contributed by atoms with Crippen molar-refractivity contribution in [1.82, 2.24) is 4.90 Å². The van der Waals surface area contributed by atoms with Gasteiger partial charge in [-0.1, -0.05) is 12.1 Å². The molecule has 5 heteroatoms. The van der Waals surface area contributed by atoms with E-state index in [0.717, 1.165) is 10.6 Å². The average Bonchev–Trinajstić information content (AvgIpc) is 3.06. The number of nitrogens with zero attached hydrogens (tertiary/aromatic N) is 1. The minimum Gasteiger partial charge on any atom is -0.321 e. The van der Waals surface area contributed by atoms with Crippen LogP contribution in [0.5, 0.6) is 0 Å². The molecule has 1 aromatic heterocycles. The third-order valence-corrected chi connectivity index (χ3v) is 5.71. The molecule has 0 aliphatic carbocycles. The first-order valence-electron chi connectivity index (χ1n) is 6.40. The van der Waals surface area contributed by atoms with Crippen LogP contribution >= 0.6 is 23.1 Å². The Kier molecular flexibility index (Phi) is 3.81. The third kappa shape index (κ3) is 2.47. The van der Waals surface area contributed by atoms with E-state index in [4.69, 9.17) is 0 Å². The molecule has 104 valence electrons. The van der Waals surface area contributed by atoms with Gasteiger partial charge in [0.05, 0.1) is 5.56 Å². The van der Waals surface area contributed by atoms with Gasteiger partial charge in [0.1, 0.15) is 11.2 Å². The number of aryl methyl sites for hydroxylation is 1. The molecular weight excluding hydrogens is 293 g/mol. The average molecular weight is 307 g/mol. The summed E-state index contributed by atoms with van der Waals surface area (Å²) < 4.78 is 13.8. The van der Waals surface area contributed by atoms with Crippen molar-refractivity contribution >= 4 is 29.0 Å². The van der Waals surface area contributed by atoms with E-state index in [-0.39, 0.29) is 16.8 Å². The van der Waals surface area contributed by atoms with Gasteiger partial charge in [0, 0.05) is 22.1 Å². The number of hydrogen-bond acceptors (Lipinski definition) is 3. The molecule has 3 rings (SSSR count). The summed E-state index contributed by atoms with van der Waals surface area (Å²) in [6, 6.07) is 10.3. The Bertz CT molecular complexity index is 640. The number of amides is 1. The van der Waals surface area contributed by atoms with Crippen LogP contribution in [0.3, 0.4) is 0 Å². The van der Waals surface area contributed by atoms with Crippen LogP contribution in [-0.2, 0) is 0 Å². The van der Waals surface area contributed by atoms with Gasteiger partial charge < -0.3 is 4.90 Å². The Morgan fingerprint density at radius 3 is 2.80 bits per heavy atom. The lowest BCUT2D eigenvalue weighted by Crippen LogP contribution is -2.30. The number of carbonyl (C=O) groups is 1. The Labute approximate surface area is 125 Å². The minimum atomic E-state index is -0.449. The Morgan fingerprint density at radius 2 is 2.10 bits per heavy atom. The summed E-state index contributed by atoms with van der Waals surface area (Å²) in [5, 5.41) is 0.0146. The molecule has 0 bridgehead atoms. The minimum absolute atomic E-state index is 0.0146. The van der Waals surface area contributed by atoms with Crippen LogP contribution in [0.25, 0.3) is 0 Å². The van der Waals surface area contributed by atoms with Gasteiger partial charge in [0.2, 0.25) is 0 Å². The highest BCUT2D eigenvalue weighted by atomic mass is 32.2. The number of thioether (sulfide) groups is 1. The van der Waals surface area contributed by atoms with E-state index in [1.54, 1.807) is 46.2 Å². The number of thiophene rings is 1. The molecule has 1 atom stereocenters. The number of rotatable bonds is 2. The van der Waals surface area contributed by atoms with Gasteiger partial charge in [0.25, 0.3) is 5.91 Å². The van der Waals surface area contributed by atoms with Gasteiger partial charge in [-0.15, -0.1) is 23.1 Å². The number of halogens is 1. The zero-order valence-corrected chi connectivity index (χ0v) is 12.6. The molecule has 1 amide bonds. The standard InChI is InChI=1S/C15H14FNOS2/c1-10-6-7-13(20-10)15-17(8-9-19-15)14(18)11-4-2-3-5-12(11)16/h2-7,15H,8-9H2,1H3/t15-/m1/s1. The summed E-state index contributed by atoms with van der Waals surface area (Å²) >= 11 is 3.44. The molecule has 2 heterocycles. The maximum Gasteiger partial charge on any atom is 0.258 e. The molecule has 1 fully saturated rings. The molecule has 0 N–H and O–H groups in total. The van der Waals surface area contributed by atoms with E-state index >= 15 is 0 Å². The fraction of sp³-hybridized carbons (Fsp3) is 0.267. The topological polar surface area (TPSA) is 20.3 Å². The van der Waals surface area contributed by atoms with E-state index in [0.29, 0.717) is 6.54 Å². The van der Waals surface area contributed by atoms with E-state index < -0.39 is 5.82 Å². The predicted molar refractivity (Wildman–Crippen MR) is 81.7 cm³/mol. The van der Waals surface area contributed by atoms with Crippen LogP contribution in [0, 0.1) is 12.7 Å². The van der Waals surface area contributed by atoms with Crippen LogP contribution < -0.4 is 0 Å². The highest BCUT2D eigenvalue weighted by Crippen LogP contribution is 2.41. The molecular formula is C15H14FNOS2. The number of carbonyl (C=O) groups excluding carboxylic acids is 1. The summed E-state index contributed by atoms with van der Waals surface area (Å²) in [6.07, 6.45) is 0. The van der Waals surface area contributed by atoms with Gasteiger partial charge >= 0.3 is 0 Å². The van der Waals surface area contributed by atoms with Gasteiger partial charge in [-0.3, -0.25) is 4.79 Å². The molecule has 0 spiro atoms. The highest BCUT2D eigenvalue weighted by Gasteiger charge is 2.33. The molecule has 1 aliphatic heterocycles. The van der Waals surface area contributed by atoms with Crippen LogP contribution in [0.15, 0.2) is 36.4 Å². The second kappa shape index (κ2) is 5.58. The zero-order chi connectivity index (χ0) is 14.1. The van der Waals surface area contributed by atoms with E-state index in [9.17, 15) is 9.18 Å². The SMILES string of the molecule is Cc1ccc([C@H]2SCCN2C(=O)c2ccccc2F)s1. The summed E-state index contributed by atoms with van der Waals surface area (Å²) in [5.41, 5.74) is 0.160. The Hall–Kier alpha value is -1.33. The van der Waals surface area contributed by atoms with Crippen LogP contribution in [0.2, 0.25) is 0 Å². The van der Waals surface area contributed by atoms with Crippen molar-refractivity contribution in [3.05, 3.63) is 57.5 Å². The Morgan fingerprint density at radius 1 is 1.30 bits per heavy atom. The van der Waals surface area contributed by atoms with E-state index in [1.165, 1.54) is 10.9 Å². The summed E-state index contributed by atoms with van der Waals surface area (Å²) in [6.45, 7) is 2.72. The fourth-order valence-corrected chi connectivity index (χ4v) is 4.66. The van der Waals surface area contributed by atoms with Gasteiger partial charge in [0.15, 0.2) is 0 Å². The molecule has 1 aliphatic rings. The predicted octanol–water partition coefficient (Wildman–Crippen LogP) is 4.08. The lowest BCUT2D eigenvalue weighted by Gasteiger charge is -2.23. The van der Waals surface area contributed by atoms with Crippen molar-refractivity contribution < 1.29 is 9.18 Å². The van der Waals surface area contributed by atoms with Crippen LogP contribution in [-0.4, -0.2) is 23.1 Å². The molecule has 0 radical (unpaired) electrons. The van der Waals surface area contributed by atoms with Crippen molar-refractivity contribution in [1.29, 1.82) is 0 Å². The zero-order valence-electron chi connectivity index (χ0n) is 11.0. The normalized spacial score (nSPS) is 18.5. The largest absolute Gasteiger partial charge is 0.321 e. The van der Waals surface area contributed by atoms with Crippen LogP contribution in [0.1, 0.15) is 25.5 Å². The molecule has 2 nitrogen and oxygen atoms in total. The van der Waals surface area contributed by atoms with Gasteiger partial charge in [-0.25, -0.2) is 4.39 Å². The maximum atomic E-state index is 13.8. The monoisotopic (exact) mass is 307 g/mol. The number of hydrogen-bond donors (Lipinski definition) is 0. The van der Waals surface area contributed by atoms with Crippen molar-refractivity contribution in [2.24, 2.45) is 0 Å². The molecule has 0 unspecified atom stereocenters. The fourth-order valence-electron chi connectivity index (χ4n) is 2.29. The molecule has 2 aromatic rings. The highest BCUT2D eigenvalue weighted by molar-refractivity contribution is 7.99. The van der Waals surface area contributed by atoms with E-state index in [2.05, 4.69) is 19.1 Å². The second-order valence-electron chi connectivity index (χ2n) is 4.65. The smallest absolute Gasteiger partial charge is 0.258 e. The van der Waals surface area contributed by atoms with Gasteiger partial charge in [-0.2, -0.15) is 0 Å². The first-order chi connectivity index (χ1) is 9.66. The maximum absolute atomic E-state index is 13.8. The van der Waals surface area contributed by atoms with Crippen molar-refractivity contribution in [2.75, 3.05) is 12.3 Å². The van der Waals surface area contributed by atoms with Crippen molar-refractivity contribution in [3.8, 4) is 0 Å². The molecule has 1 aromatic carbocycles. The Balaban J connectivity index is 1.89. The van der Waals surface area contributed by atoms with Crippen molar-refractivity contribution in [3.63, 3.8) is 0 Å². The van der Waals surface area contributed by atoms with E-state index in [1.807, 2.05) is 0 Å². The number of benzene rings is 1. The summed E-state index contributed by atoms with van der Waals surface area (Å²) in [5.74, 6) is 0.224. The third-order valence-electron chi connectivity index (χ3n) is 3.26. The summed E-state index contributed by atoms with van der Waals surface area (Å²) in [4.78, 5) is 16.7. The lowest BCUT2D eigenvalue weighted by atomic mass is 10.2. The summed E-state index contributed by atoms with van der Waals surface area (Å²) in [7, 11) is 0. The first-order valence-corrected chi connectivity index (χ1v) is 8.27. The lowest BCUT2D eigenvalue weighted by molar-refractivity contribution is 0.0757. The second-order valence-corrected chi connectivity index (χ2v) is 7.16. The molecule has 0 saturated carbocycles. The van der Waals surface area contributed by atoms with Crippen molar-refractivity contribution in [2.45, 2.75) is 12.3 Å².